The van der Waals surface area contributed by atoms with Crippen molar-refractivity contribution >= 4 is 23.2 Å². The molecule has 0 fully saturated rings. The lowest BCUT2D eigenvalue weighted by Crippen LogP contribution is -2.23. The monoisotopic (exact) mass is 342 g/mol. The Labute approximate surface area is 146 Å². The van der Waals surface area contributed by atoms with Gasteiger partial charge in [-0.25, -0.2) is 4.98 Å². The first kappa shape index (κ1) is 18.4. The number of nitrogens with one attached hydrogen (secondary N) is 2. The number of rotatable bonds is 5. The molecule has 1 aromatic carbocycles. The average molecular weight is 342 g/mol. The van der Waals surface area contributed by atoms with Crippen LogP contribution in [-0.2, 0) is 15.0 Å². The molecule has 1 heterocycles. The lowest BCUT2D eigenvalue weighted by atomic mass is 9.92. The van der Waals surface area contributed by atoms with E-state index in [2.05, 4.69) is 20.6 Å². The van der Waals surface area contributed by atoms with E-state index < -0.39 is 0 Å². The number of nitrogens with zero attached hydrogens (tertiary/aromatic N) is 2. The molecule has 25 heavy (non-hydrogen) atoms. The highest BCUT2D eigenvalue weighted by Crippen LogP contribution is 2.26. The van der Waals surface area contributed by atoms with E-state index in [0.717, 1.165) is 0 Å². The number of carbonyl (C=O) groups excluding carboxylic acids is 2. The Balaban J connectivity index is 1.94. The summed E-state index contributed by atoms with van der Waals surface area (Å²) >= 11 is 0. The van der Waals surface area contributed by atoms with Crippen LogP contribution in [0.3, 0.4) is 0 Å². The summed E-state index contributed by atoms with van der Waals surface area (Å²) in [5.41, 5.74) is 1.73. The molecule has 0 spiro atoms. The van der Waals surface area contributed by atoms with Gasteiger partial charge in [0.2, 0.25) is 11.8 Å². The summed E-state index contributed by atoms with van der Waals surface area (Å²) in [6, 6.07) is 6.81. The SMILES string of the molecule is CC(=O)Nc1ccc(NC(=O)COc2nccnc2C(C)(C)C)cc1. The number of carbonyl (C=O) groups is 2. The van der Waals surface area contributed by atoms with Crippen molar-refractivity contribution < 1.29 is 14.3 Å². The highest BCUT2D eigenvalue weighted by molar-refractivity contribution is 5.93. The van der Waals surface area contributed by atoms with Gasteiger partial charge in [-0.15, -0.1) is 0 Å². The first-order valence-electron chi connectivity index (χ1n) is 7.87. The zero-order valence-corrected chi connectivity index (χ0v) is 14.8. The fourth-order valence-electron chi connectivity index (χ4n) is 2.12. The van der Waals surface area contributed by atoms with E-state index in [1.165, 1.54) is 13.1 Å². The molecule has 2 N–H and O–H groups in total. The molecule has 0 saturated heterocycles. The summed E-state index contributed by atoms with van der Waals surface area (Å²) in [5.74, 6) is -0.104. The van der Waals surface area contributed by atoms with Crippen LogP contribution in [0.4, 0.5) is 11.4 Å². The number of aromatic nitrogens is 2. The number of hydrogen-bond acceptors (Lipinski definition) is 5. The molecule has 0 aliphatic carbocycles. The van der Waals surface area contributed by atoms with E-state index in [0.29, 0.717) is 22.9 Å². The maximum Gasteiger partial charge on any atom is 0.262 e. The number of ether oxygens (including phenoxy) is 1. The summed E-state index contributed by atoms with van der Waals surface area (Å²) in [6.07, 6.45) is 3.13. The van der Waals surface area contributed by atoms with Gasteiger partial charge in [-0.05, 0) is 24.3 Å². The van der Waals surface area contributed by atoms with Crippen molar-refractivity contribution in [2.24, 2.45) is 0 Å². The molecule has 0 aliphatic rings. The predicted octanol–water partition coefficient (Wildman–Crippen LogP) is 2.75. The number of anilines is 2. The molecule has 0 aliphatic heterocycles. The first-order valence-corrected chi connectivity index (χ1v) is 7.87. The third kappa shape index (κ3) is 5.56. The highest BCUT2D eigenvalue weighted by atomic mass is 16.5. The van der Waals surface area contributed by atoms with Gasteiger partial charge >= 0.3 is 0 Å². The van der Waals surface area contributed by atoms with Gasteiger partial charge in [-0.2, -0.15) is 0 Å². The van der Waals surface area contributed by atoms with E-state index in [9.17, 15) is 9.59 Å². The molecule has 0 bridgehead atoms. The first-order chi connectivity index (χ1) is 11.8. The zero-order valence-electron chi connectivity index (χ0n) is 14.8. The van der Waals surface area contributed by atoms with Crippen LogP contribution in [0.25, 0.3) is 0 Å². The van der Waals surface area contributed by atoms with Crippen LogP contribution in [-0.4, -0.2) is 28.4 Å². The zero-order chi connectivity index (χ0) is 18.4. The van der Waals surface area contributed by atoms with Crippen LogP contribution < -0.4 is 15.4 Å². The van der Waals surface area contributed by atoms with Gasteiger partial charge in [-0.3, -0.25) is 14.6 Å². The van der Waals surface area contributed by atoms with Gasteiger partial charge in [0.05, 0.1) is 0 Å². The van der Waals surface area contributed by atoms with Crippen LogP contribution in [0, 0.1) is 0 Å². The Morgan fingerprint density at radius 3 is 2.12 bits per heavy atom. The maximum atomic E-state index is 12.1. The lowest BCUT2D eigenvalue weighted by molar-refractivity contribution is -0.118. The van der Waals surface area contributed by atoms with Crippen molar-refractivity contribution in [3.05, 3.63) is 42.4 Å². The molecule has 132 valence electrons. The second kappa shape index (κ2) is 7.74. The van der Waals surface area contributed by atoms with Crippen molar-refractivity contribution in [2.45, 2.75) is 33.1 Å². The van der Waals surface area contributed by atoms with Crippen molar-refractivity contribution in [1.82, 2.24) is 9.97 Å². The number of benzene rings is 1. The minimum Gasteiger partial charge on any atom is -0.466 e. The van der Waals surface area contributed by atoms with Gasteiger partial charge in [0, 0.05) is 36.1 Å². The lowest BCUT2D eigenvalue weighted by Gasteiger charge is -2.19. The molecule has 0 atom stereocenters. The van der Waals surface area contributed by atoms with Crippen molar-refractivity contribution in [3.63, 3.8) is 0 Å². The smallest absolute Gasteiger partial charge is 0.262 e. The summed E-state index contributed by atoms with van der Waals surface area (Å²) in [7, 11) is 0. The van der Waals surface area contributed by atoms with Crippen molar-refractivity contribution in [1.29, 1.82) is 0 Å². The predicted molar refractivity (Wildman–Crippen MR) is 95.6 cm³/mol. The van der Waals surface area contributed by atoms with Crippen molar-refractivity contribution in [2.75, 3.05) is 17.2 Å². The summed E-state index contributed by atoms with van der Waals surface area (Å²) < 4.78 is 5.53. The van der Waals surface area contributed by atoms with E-state index in [1.807, 2.05) is 20.8 Å². The van der Waals surface area contributed by atoms with Crippen LogP contribution >= 0.6 is 0 Å². The molecule has 1 aromatic heterocycles. The average Bonchev–Trinajstić information content (AvgIpc) is 2.54. The van der Waals surface area contributed by atoms with Gasteiger partial charge in [0.25, 0.3) is 5.91 Å². The Morgan fingerprint density at radius 2 is 1.56 bits per heavy atom. The standard InChI is InChI=1S/C18H22N4O3/c1-12(23)21-13-5-7-14(8-6-13)22-15(24)11-25-17-16(18(2,3)4)19-9-10-20-17/h5-10H,11H2,1-4H3,(H,21,23)(H,22,24). The Bertz CT molecular complexity index is 752. The Morgan fingerprint density at radius 1 is 1.00 bits per heavy atom. The minimum atomic E-state index is -0.308. The van der Waals surface area contributed by atoms with E-state index in [1.54, 1.807) is 30.5 Å². The highest BCUT2D eigenvalue weighted by Gasteiger charge is 2.22. The van der Waals surface area contributed by atoms with Crippen LogP contribution in [0.2, 0.25) is 0 Å². The second-order valence-electron chi connectivity index (χ2n) is 6.56. The van der Waals surface area contributed by atoms with Gasteiger partial charge in [0.15, 0.2) is 6.61 Å². The molecule has 0 radical (unpaired) electrons. The van der Waals surface area contributed by atoms with Crippen molar-refractivity contribution in [3.8, 4) is 5.88 Å². The maximum absolute atomic E-state index is 12.1. The third-order valence-electron chi connectivity index (χ3n) is 3.20. The molecule has 7 heteroatoms. The summed E-state index contributed by atoms with van der Waals surface area (Å²) in [4.78, 5) is 31.5. The number of hydrogen-bond donors (Lipinski definition) is 2. The largest absolute Gasteiger partial charge is 0.466 e. The summed E-state index contributed by atoms with van der Waals surface area (Å²) in [5, 5.41) is 5.39. The van der Waals surface area contributed by atoms with Crippen LogP contribution in [0.1, 0.15) is 33.4 Å². The quantitative estimate of drug-likeness (QED) is 0.871. The normalized spacial score (nSPS) is 10.9. The van der Waals surface area contributed by atoms with E-state index >= 15 is 0 Å². The van der Waals surface area contributed by atoms with Crippen LogP contribution in [0.5, 0.6) is 5.88 Å². The minimum absolute atomic E-state index is 0.149. The van der Waals surface area contributed by atoms with Gasteiger partial charge in [0.1, 0.15) is 5.69 Å². The Kier molecular flexibility index (Phi) is 5.69. The number of amides is 2. The van der Waals surface area contributed by atoms with E-state index in [-0.39, 0.29) is 23.8 Å². The molecule has 2 rings (SSSR count). The second-order valence-corrected chi connectivity index (χ2v) is 6.56. The van der Waals surface area contributed by atoms with Crippen LogP contribution in [0.15, 0.2) is 36.7 Å². The molecule has 0 saturated carbocycles. The topological polar surface area (TPSA) is 93.2 Å². The fourth-order valence-corrected chi connectivity index (χ4v) is 2.12. The molecular formula is C18H22N4O3. The fraction of sp³-hybridized carbons (Fsp3) is 0.333. The van der Waals surface area contributed by atoms with Gasteiger partial charge in [-0.1, -0.05) is 20.8 Å². The summed E-state index contributed by atoms with van der Waals surface area (Å²) in [6.45, 7) is 7.27. The van der Waals surface area contributed by atoms with Gasteiger partial charge < -0.3 is 15.4 Å². The Hall–Kier alpha value is -2.96. The molecule has 2 amide bonds. The molecule has 2 aromatic rings. The molecular weight excluding hydrogens is 320 g/mol. The third-order valence-corrected chi connectivity index (χ3v) is 3.20. The van der Waals surface area contributed by atoms with E-state index in [4.69, 9.17) is 4.74 Å². The molecule has 7 nitrogen and oxygen atoms in total. The molecule has 0 unspecified atom stereocenters.